The molecule has 4 aromatic rings. The SMILES string of the molecule is COc1ccc(COc2cc(C)c(C(=O)Oc3cc(C)c(C(=O)OCc4ccccc4)c(O)c3C)c(O)c2C)cc1. The molecule has 212 valence electrons. The molecule has 0 heterocycles. The van der Waals surface area contributed by atoms with E-state index in [9.17, 15) is 19.8 Å². The van der Waals surface area contributed by atoms with Crippen LogP contribution in [0.3, 0.4) is 0 Å². The number of benzene rings is 4. The monoisotopic (exact) mass is 556 g/mol. The highest BCUT2D eigenvalue weighted by atomic mass is 16.5. The molecule has 8 heteroatoms. The van der Waals surface area contributed by atoms with Crippen LogP contribution in [0.25, 0.3) is 0 Å². The van der Waals surface area contributed by atoms with E-state index in [1.165, 1.54) is 13.0 Å². The zero-order valence-electron chi connectivity index (χ0n) is 23.6. The van der Waals surface area contributed by atoms with Crippen LogP contribution in [0, 0.1) is 27.7 Å². The zero-order valence-corrected chi connectivity index (χ0v) is 23.6. The number of ether oxygens (including phenoxy) is 4. The van der Waals surface area contributed by atoms with E-state index in [0.29, 0.717) is 22.4 Å². The number of carbonyl (C=O) groups excluding carboxylic acids is 2. The maximum atomic E-state index is 13.2. The van der Waals surface area contributed by atoms with Crippen molar-refractivity contribution in [2.75, 3.05) is 7.11 Å². The average Bonchev–Trinajstić information content (AvgIpc) is 2.96. The summed E-state index contributed by atoms with van der Waals surface area (Å²) in [6, 6.07) is 19.7. The minimum absolute atomic E-state index is 0.00790. The fourth-order valence-corrected chi connectivity index (χ4v) is 4.34. The fourth-order valence-electron chi connectivity index (χ4n) is 4.34. The van der Waals surface area contributed by atoms with Gasteiger partial charge in [-0.2, -0.15) is 0 Å². The normalized spacial score (nSPS) is 10.7. The molecule has 4 rings (SSSR count). The Kier molecular flexibility index (Phi) is 8.82. The Morgan fingerprint density at radius 1 is 0.683 bits per heavy atom. The van der Waals surface area contributed by atoms with E-state index in [2.05, 4.69) is 0 Å². The molecule has 0 atom stereocenters. The first kappa shape index (κ1) is 29.0. The minimum Gasteiger partial charge on any atom is -0.507 e. The largest absolute Gasteiger partial charge is 0.507 e. The number of hydrogen-bond donors (Lipinski definition) is 2. The van der Waals surface area contributed by atoms with Crippen molar-refractivity contribution in [1.82, 2.24) is 0 Å². The molecule has 4 aromatic carbocycles. The van der Waals surface area contributed by atoms with Gasteiger partial charge in [-0.3, -0.25) is 0 Å². The van der Waals surface area contributed by atoms with Crippen LogP contribution in [0.15, 0.2) is 66.7 Å². The van der Waals surface area contributed by atoms with Crippen LogP contribution in [-0.2, 0) is 18.0 Å². The minimum atomic E-state index is -0.814. The molecule has 0 saturated heterocycles. The summed E-state index contributed by atoms with van der Waals surface area (Å²) in [6.07, 6.45) is 0. The second kappa shape index (κ2) is 12.5. The first-order valence-electron chi connectivity index (χ1n) is 13.0. The van der Waals surface area contributed by atoms with Gasteiger partial charge in [0.1, 0.15) is 53.1 Å². The summed E-state index contributed by atoms with van der Waals surface area (Å²) < 4.78 is 22.1. The van der Waals surface area contributed by atoms with Gasteiger partial charge < -0.3 is 29.2 Å². The number of aromatic hydroxyl groups is 2. The summed E-state index contributed by atoms with van der Waals surface area (Å²) in [4.78, 5) is 26.0. The standard InChI is InChI=1S/C33H32O8/c1-19-15-26(39-17-24-11-13-25(38-5)14-12-24)21(3)30(34)29(19)33(37)41-27-16-20(2)28(31(35)22(27)4)32(36)40-18-23-9-7-6-8-10-23/h6-16,34-35H,17-18H2,1-5H3. The lowest BCUT2D eigenvalue weighted by atomic mass is 10.0. The second-order valence-corrected chi connectivity index (χ2v) is 9.67. The van der Waals surface area contributed by atoms with Crippen molar-refractivity contribution >= 4 is 11.9 Å². The third-order valence-electron chi connectivity index (χ3n) is 6.78. The van der Waals surface area contributed by atoms with Gasteiger partial charge in [-0.25, -0.2) is 9.59 Å². The molecular formula is C33H32O8. The molecule has 41 heavy (non-hydrogen) atoms. The van der Waals surface area contributed by atoms with E-state index in [1.54, 1.807) is 33.9 Å². The summed E-state index contributed by atoms with van der Waals surface area (Å²) in [6.45, 7) is 6.75. The van der Waals surface area contributed by atoms with E-state index in [4.69, 9.17) is 18.9 Å². The Balaban J connectivity index is 1.51. The predicted molar refractivity (Wildman–Crippen MR) is 153 cm³/mol. The summed E-state index contributed by atoms with van der Waals surface area (Å²) in [5, 5.41) is 21.7. The smallest absolute Gasteiger partial charge is 0.347 e. The molecule has 0 fully saturated rings. The molecule has 0 aromatic heterocycles. The topological polar surface area (TPSA) is 112 Å². The maximum Gasteiger partial charge on any atom is 0.347 e. The van der Waals surface area contributed by atoms with Crippen LogP contribution in [0.1, 0.15) is 54.1 Å². The molecule has 0 aliphatic carbocycles. The van der Waals surface area contributed by atoms with Gasteiger partial charge in [-0.15, -0.1) is 0 Å². The predicted octanol–water partition coefficient (Wildman–Crippen LogP) is 6.50. The van der Waals surface area contributed by atoms with Gasteiger partial charge in [0.2, 0.25) is 0 Å². The van der Waals surface area contributed by atoms with E-state index in [-0.39, 0.29) is 47.2 Å². The molecule has 0 aliphatic heterocycles. The lowest BCUT2D eigenvalue weighted by Crippen LogP contribution is -2.14. The highest BCUT2D eigenvalue weighted by molar-refractivity contribution is 5.98. The number of hydrogen-bond acceptors (Lipinski definition) is 8. The Hall–Kier alpha value is -4.98. The van der Waals surface area contributed by atoms with Crippen molar-refractivity contribution in [2.45, 2.75) is 40.9 Å². The van der Waals surface area contributed by atoms with E-state index < -0.39 is 11.9 Å². The third-order valence-corrected chi connectivity index (χ3v) is 6.78. The van der Waals surface area contributed by atoms with Crippen molar-refractivity contribution in [1.29, 1.82) is 0 Å². The van der Waals surface area contributed by atoms with Crippen LogP contribution >= 0.6 is 0 Å². The van der Waals surface area contributed by atoms with Crippen LogP contribution in [0.4, 0.5) is 0 Å². The molecule has 0 spiro atoms. The van der Waals surface area contributed by atoms with E-state index in [1.807, 2.05) is 54.6 Å². The number of aryl methyl sites for hydroxylation is 2. The molecular weight excluding hydrogens is 524 g/mol. The second-order valence-electron chi connectivity index (χ2n) is 9.67. The number of phenols is 2. The first-order valence-corrected chi connectivity index (χ1v) is 13.0. The van der Waals surface area contributed by atoms with Crippen LogP contribution in [-0.4, -0.2) is 29.3 Å². The van der Waals surface area contributed by atoms with E-state index >= 15 is 0 Å². The zero-order chi connectivity index (χ0) is 29.7. The van der Waals surface area contributed by atoms with Gasteiger partial charge in [0.25, 0.3) is 0 Å². The van der Waals surface area contributed by atoms with Crippen LogP contribution < -0.4 is 14.2 Å². The lowest BCUT2D eigenvalue weighted by molar-refractivity contribution is 0.0468. The Morgan fingerprint density at radius 2 is 1.22 bits per heavy atom. The maximum absolute atomic E-state index is 13.2. The molecule has 8 nitrogen and oxygen atoms in total. The van der Waals surface area contributed by atoms with Crippen molar-refractivity contribution in [3.8, 4) is 28.7 Å². The van der Waals surface area contributed by atoms with Gasteiger partial charge >= 0.3 is 11.9 Å². The summed E-state index contributed by atoms with van der Waals surface area (Å²) in [7, 11) is 1.59. The third kappa shape index (κ3) is 6.44. The van der Waals surface area contributed by atoms with E-state index in [0.717, 1.165) is 16.9 Å². The molecule has 0 bridgehead atoms. The quantitative estimate of drug-likeness (QED) is 0.178. The Bertz CT molecular complexity index is 1570. The van der Waals surface area contributed by atoms with Crippen LogP contribution in [0.5, 0.6) is 28.7 Å². The van der Waals surface area contributed by atoms with Crippen molar-refractivity contribution in [3.05, 3.63) is 111 Å². The molecule has 0 unspecified atom stereocenters. The average molecular weight is 557 g/mol. The van der Waals surface area contributed by atoms with Crippen molar-refractivity contribution in [2.24, 2.45) is 0 Å². The van der Waals surface area contributed by atoms with Crippen molar-refractivity contribution in [3.63, 3.8) is 0 Å². The Morgan fingerprint density at radius 3 is 1.83 bits per heavy atom. The van der Waals surface area contributed by atoms with Gasteiger partial charge in [0.05, 0.1) is 7.11 Å². The molecule has 0 saturated carbocycles. The van der Waals surface area contributed by atoms with Gasteiger partial charge in [0.15, 0.2) is 0 Å². The van der Waals surface area contributed by atoms with Gasteiger partial charge in [-0.05, 0) is 74.2 Å². The lowest BCUT2D eigenvalue weighted by Gasteiger charge is -2.17. The fraction of sp³-hybridized carbons (Fsp3) is 0.212. The van der Waals surface area contributed by atoms with Gasteiger partial charge in [-0.1, -0.05) is 42.5 Å². The molecule has 0 amide bonds. The highest BCUT2D eigenvalue weighted by Gasteiger charge is 2.25. The molecule has 0 radical (unpaired) electrons. The summed E-state index contributed by atoms with van der Waals surface area (Å²) in [5.74, 6) is -0.899. The number of rotatable bonds is 9. The Labute approximate surface area is 238 Å². The number of methoxy groups -OCH3 is 1. The number of phenolic OH excluding ortho intramolecular Hbond substituents is 2. The number of esters is 2. The highest BCUT2D eigenvalue weighted by Crippen LogP contribution is 2.37. The molecule has 0 aliphatic rings. The van der Waals surface area contributed by atoms with Crippen molar-refractivity contribution < 1.29 is 38.7 Å². The number of carbonyl (C=O) groups is 2. The summed E-state index contributed by atoms with van der Waals surface area (Å²) in [5.41, 5.74) is 3.06. The van der Waals surface area contributed by atoms with Crippen LogP contribution in [0.2, 0.25) is 0 Å². The first-order chi connectivity index (χ1) is 19.6. The van der Waals surface area contributed by atoms with Gasteiger partial charge in [0, 0.05) is 11.1 Å². The summed E-state index contributed by atoms with van der Waals surface area (Å²) >= 11 is 0. The molecule has 2 N–H and O–H groups in total.